The predicted molar refractivity (Wildman–Crippen MR) is 55.8 cm³/mol. The number of hydrogen-bond donors (Lipinski definition) is 0. The van der Waals surface area contributed by atoms with Crippen LogP contribution >= 0.6 is 23.2 Å². The fraction of sp³-hybridized carbons (Fsp3) is 0.200. The van der Waals surface area contributed by atoms with Gasteiger partial charge in [0, 0.05) is 12.0 Å². The minimum Gasteiger partial charge on any atom is -0.281 e. The molecule has 0 aliphatic rings. The molecule has 4 heteroatoms. The fourth-order valence-electron chi connectivity index (χ4n) is 1.09. The van der Waals surface area contributed by atoms with Gasteiger partial charge >= 0.3 is 0 Å². The molecule has 0 aliphatic heterocycles. The minimum atomic E-state index is -0.496. The van der Waals surface area contributed by atoms with Gasteiger partial charge in [-0.3, -0.25) is 9.59 Å². The van der Waals surface area contributed by atoms with Crippen LogP contribution in [0.15, 0.2) is 24.3 Å². The normalized spacial score (nSPS) is 9.86. The molecule has 0 N–H and O–H groups in total. The minimum absolute atomic E-state index is 0.265. The molecule has 0 saturated heterocycles. The molecule has 1 rings (SSSR count). The summed E-state index contributed by atoms with van der Waals surface area (Å²) < 4.78 is 0. The Bertz CT molecular complexity index is 361. The van der Waals surface area contributed by atoms with Gasteiger partial charge in [-0.2, -0.15) is 0 Å². The van der Waals surface area contributed by atoms with E-state index in [2.05, 4.69) is 0 Å². The monoisotopic (exact) mass is 230 g/mol. The third kappa shape index (κ3) is 3.48. The molecule has 0 radical (unpaired) electrons. The van der Waals surface area contributed by atoms with Crippen molar-refractivity contribution in [2.24, 2.45) is 0 Å². The molecule has 0 heterocycles. The Balaban J connectivity index is 2.73. The average molecular weight is 231 g/mol. The largest absolute Gasteiger partial charge is 0.281 e. The summed E-state index contributed by atoms with van der Waals surface area (Å²) in [4.78, 5) is 21.3. The molecule has 0 aliphatic carbocycles. The van der Waals surface area contributed by atoms with Crippen LogP contribution in [0.25, 0.3) is 0 Å². The smallest absolute Gasteiger partial charge is 0.252 e. The number of hydrogen-bond acceptors (Lipinski definition) is 2. The van der Waals surface area contributed by atoms with Crippen LogP contribution in [0.2, 0.25) is 0 Å². The summed E-state index contributed by atoms with van der Waals surface area (Å²) in [6, 6.07) is 6.84. The lowest BCUT2D eigenvalue weighted by Gasteiger charge is -1.99. The van der Waals surface area contributed by atoms with E-state index >= 15 is 0 Å². The van der Waals surface area contributed by atoms with Crippen LogP contribution in [-0.2, 0) is 11.2 Å². The van der Waals surface area contributed by atoms with Gasteiger partial charge in [-0.1, -0.05) is 18.2 Å². The summed E-state index contributed by atoms with van der Waals surface area (Å²) in [5.74, 6) is 0. The summed E-state index contributed by atoms with van der Waals surface area (Å²) >= 11 is 10.5. The van der Waals surface area contributed by atoms with Crippen LogP contribution < -0.4 is 0 Å². The lowest BCUT2D eigenvalue weighted by atomic mass is 10.1. The molecule has 1 aromatic rings. The van der Waals surface area contributed by atoms with Crippen molar-refractivity contribution in [2.45, 2.75) is 12.8 Å². The zero-order valence-corrected chi connectivity index (χ0v) is 8.81. The molecule has 0 fully saturated rings. The lowest BCUT2D eigenvalue weighted by Crippen LogP contribution is -1.94. The highest BCUT2D eigenvalue weighted by Gasteiger charge is 2.03. The van der Waals surface area contributed by atoms with E-state index in [1.165, 1.54) is 0 Å². The van der Waals surface area contributed by atoms with Gasteiger partial charge in [0.15, 0.2) is 0 Å². The molecule has 0 unspecified atom stereocenters. The molecule has 0 atom stereocenters. The van der Waals surface area contributed by atoms with Gasteiger partial charge in [0.25, 0.3) is 5.24 Å². The summed E-state index contributed by atoms with van der Waals surface area (Å²) in [6.07, 6.45) is 0.793. The van der Waals surface area contributed by atoms with Gasteiger partial charge in [0.1, 0.15) is 0 Å². The van der Waals surface area contributed by atoms with Crippen molar-refractivity contribution in [2.75, 3.05) is 0 Å². The third-order valence-electron chi connectivity index (χ3n) is 1.76. The average Bonchev–Trinajstić information content (AvgIpc) is 2.15. The Labute approximate surface area is 91.8 Å². The Morgan fingerprint density at radius 1 is 1.21 bits per heavy atom. The van der Waals surface area contributed by atoms with Gasteiger partial charge in [-0.05, 0) is 41.3 Å². The van der Waals surface area contributed by atoms with Gasteiger partial charge in [0.05, 0.1) is 0 Å². The van der Waals surface area contributed by atoms with Crippen LogP contribution in [0, 0.1) is 0 Å². The van der Waals surface area contributed by atoms with E-state index in [1.54, 1.807) is 18.2 Å². The molecule has 0 saturated carbocycles. The SMILES string of the molecule is O=C(Cl)CCc1cccc(C(=O)Cl)c1. The third-order valence-corrected chi connectivity index (χ3v) is 2.17. The van der Waals surface area contributed by atoms with E-state index in [9.17, 15) is 9.59 Å². The molecule has 0 amide bonds. The molecule has 14 heavy (non-hydrogen) atoms. The number of rotatable bonds is 4. The summed E-state index contributed by atoms with van der Waals surface area (Å²) in [5, 5.41) is -0.878. The Kier molecular flexibility index (Phi) is 4.11. The second-order valence-corrected chi connectivity index (χ2v) is 3.59. The maximum atomic E-state index is 10.8. The summed E-state index contributed by atoms with van der Waals surface area (Å²) in [5.41, 5.74) is 1.32. The predicted octanol–water partition coefficient (Wildman–Crippen LogP) is 2.76. The lowest BCUT2D eigenvalue weighted by molar-refractivity contribution is -0.111. The highest BCUT2D eigenvalue weighted by molar-refractivity contribution is 6.67. The van der Waals surface area contributed by atoms with E-state index in [0.29, 0.717) is 12.0 Å². The van der Waals surface area contributed by atoms with Gasteiger partial charge in [-0.15, -0.1) is 0 Å². The number of carbonyl (C=O) groups excluding carboxylic acids is 2. The molecule has 1 aromatic carbocycles. The van der Waals surface area contributed by atoms with E-state index in [-0.39, 0.29) is 11.7 Å². The summed E-state index contributed by atoms with van der Waals surface area (Å²) in [6.45, 7) is 0. The van der Waals surface area contributed by atoms with Gasteiger partial charge in [-0.25, -0.2) is 0 Å². The first-order chi connectivity index (χ1) is 6.59. The van der Waals surface area contributed by atoms with Crippen LogP contribution in [0.3, 0.4) is 0 Å². The molecule has 74 valence electrons. The second kappa shape index (κ2) is 5.13. The number of carbonyl (C=O) groups is 2. The first kappa shape index (κ1) is 11.2. The molecular weight excluding hydrogens is 223 g/mol. The first-order valence-electron chi connectivity index (χ1n) is 4.06. The van der Waals surface area contributed by atoms with Crippen molar-refractivity contribution >= 4 is 33.7 Å². The summed E-state index contributed by atoms with van der Waals surface area (Å²) in [7, 11) is 0. The standard InChI is InChI=1S/C10H8Cl2O2/c11-9(13)5-4-7-2-1-3-8(6-7)10(12)14/h1-3,6H,4-5H2. The Hall–Kier alpha value is -0.860. The first-order valence-corrected chi connectivity index (χ1v) is 4.82. The van der Waals surface area contributed by atoms with Crippen LogP contribution in [0.5, 0.6) is 0 Å². The van der Waals surface area contributed by atoms with E-state index < -0.39 is 5.24 Å². The van der Waals surface area contributed by atoms with Crippen molar-refractivity contribution in [1.82, 2.24) is 0 Å². The molecule has 0 aromatic heterocycles. The molecule has 0 spiro atoms. The molecule has 0 bridgehead atoms. The fourth-order valence-corrected chi connectivity index (χ4v) is 1.30. The molecule has 2 nitrogen and oxygen atoms in total. The van der Waals surface area contributed by atoms with E-state index in [1.807, 2.05) is 6.07 Å². The van der Waals surface area contributed by atoms with Gasteiger partial charge < -0.3 is 0 Å². The van der Waals surface area contributed by atoms with Crippen molar-refractivity contribution in [1.29, 1.82) is 0 Å². The highest BCUT2D eigenvalue weighted by atomic mass is 35.5. The number of benzene rings is 1. The maximum absolute atomic E-state index is 10.8. The topological polar surface area (TPSA) is 34.1 Å². The van der Waals surface area contributed by atoms with Crippen LogP contribution in [0.1, 0.15) is 22.3 Å². The zero-order valence-electron chi connectivity index (χ0n) is 7.30. The Morgan fingerprint density at radius 2 is 1.93 bits per heavy atom. The zero-order chi connectivity index (χ0) is 10.6. The Morgan fingerprint density at radius 3 is 2.50 bits per heavy atom. The van der Waals surface area contributed by atoms with E-state index in [4.69, 9.17) is 23.2 Å². The van der Waals surface area contributed by atoms with Crippen molar-refractivity contribution < 1.29 is 9.59 Å². The van der Waals surface area contributed by atoms with E-state index in [0.717, 1.165) is 5.56 Å². The number of halogens is 2. The number of aryl methyl sites for hydroxylation is 1. The molecular formula is C10H8Cl2O2. The van der Waals surface area contributed by atoms with Crippen molar-refractivity contribution in [3.05, 3.63) is 35.4 Å². The van der Waals surface area contributed by atoms with Gasteiger partial charge in [0.2, 0.25) is 5.24 Å². The van der Waals surface area contributed by atoms with Crippen molar-refractivity contribution in [3.63, 3.8) is 0 Å². The van der Waals surface area contributed by atoms with Crippen LogP contribution in [0.4, 0.5) is 0 Å². The highest BCUT2D eigenvalue weighted by Crippen LogP contribution is 2.10. The van der Waals surface area contributed by atoms with Crippen molar-refractivity contribution in [3.8, 4) is 0 Å². The second-order valence-electron chi connectivity index (χ2n) is 2.83. The van der Waals surface area contributed by atoms with Crippen LogP contribution in [-0.4, -0.2) is 10.5 Å². The quantitative estimate of drug-likeness (QED) is 0.746. The maximum Gasteiger partial charge on any atom is 0.252 e.